The Morgan fingerprint density at radius 3 is 3.00 bits per heavy atom. The quantitative estimate of drug-likeness (QED) is 0.945. The van der Waals surface area contributed by atoms with Gasteiger partial charge in [-0.1, -0.05) is 0 Å². The fraction of sp³-hybridized carbons (Fsp3) is 0.438. The van der Waals surface area contributed by atoms with E-state index < -0.39 is 0 Å². The van der Waals surface area contributed by atoms with Gasteiger partial charge in [-0.25, -0.2) is 4.98 Å². The smallest absolute Gasteiger partial charge is 0.254 e. The number of rotatable bonds is 3. The number of nitrogens with one attached hydrogen (secondary N) is 1. The van der Waals surface area contributed by atoms with Gasteiger partial charge in [0.05, 0.1) is 12.5 Å². The molecule has 1 atom stereocenters. The first-order chi connectivity index (χ1) is 10.6. The molecule has 22 heavy (non-hydrogen) atoms. The topological polar surface area (TPSA) is 66.1 Å². The molecule has 2 aromatic rings. The van der Waals surface area contributed by atoms with E-state index in [0.29, 0.717) is 17.1 Å². The molecule has 1 unspecified atom stereocenters. The van der Waals surface area contributed by atoms with E-state index in [-0.39, 0.29) is 23.9 Å². The Bertz CT molecular complexity index is 736. The van der Waals surface area contributed by atoms with Crippen molar-refractivity contribution in [3.05, 3.63) is 49.8 Å². The Labute approximate surface area is 133 Å². The molecule has 6 heteroatoms. The van der Waals surface area contributed by atoms with Gasteiger partial charge in [-0.2, -0.15) is 11.3 Å². The monoisotopic (exact) mass is 317 g/mol. The predicted octanol–water partition coefficient (Wildman–Crippen LogP) is 2.35. The minimum Gasteiger partial charge on any atom is -0.335 e. The van der Waals surface area contributed by atoms with Crippen molar-refractivity contribution in [3.63, 3.8) is 0 Å². The maximum Gasteiger partial charge on any atom is 0.254 e. The van der Waals surface area contributed by atoms with Gasteiger partial charge < -0.3 is 9.88 Å². The van der Waals surface area contributed by atoms with Crippen molar-refractivity contribution in [2.75, 3.05) is 6.54 Å². The summed E-state index contributed by atoms with van der Waals surface area (Å²) in [4.78, 5) is 33.6. The molecule has 2 aromatic heterocycles. The number of thiophene rings is 1. The third-order valence-corrected chi connectivity index (χ3v) is 4.87. The molecule has 1 aliphatic heterocycles. The van der Waals surface area contributed by atoms with Crippen molar-refractivity contribution >= 4 is 17.2 Å². The first-order valence-corrected chi connectivity index (χ1v) is 8.38. The standard InChI is InChI=1S/C16H19N3O2S/c1-10-13(16(21)18-11(2)17-10)8-15(20)19-6-3-4-14(19)12-5-7-22-9-12/h5,7,9,14H,3-4,6,8H2,1-2H3,(H,17,18,21). The van der Waals surface area contributed by atoms with Crippen molar-refractivity contribution in [2.45, 2.75) is 39.2 Å². The van der Waals surface area contributed by atoms with E-state index >= 15 is 0 Å². The molecular formula is C16H19N3O2S. The fourth-order valence-electron chi connectivity index (χ4n) is 3.09. The minimum absolute atomic E-state index is 0.00736. The third kappa shape index (κ3) is 2.83. The van der Waals surface area contributed by atoms with Crippen molar-refractivity contribution in [1.29, 1.82) is 0 Å². The number of H-pyrrole nitrogens is 1. The SMILES string of the molecule is Cc1nc(C)c(CC(=O)N2CCCC2c2ccsc2)c(=O)[nH]1. The Kier molecular flexibility index (Phi) is 4.11. The summed E-state index contributed by atoms with van der Waals surface area (Å²) in [7, 11) is 0. The van der Waals surface area contributed by atoms with Gasteiger partial charge in [-0.05, 0) is 49.1 Å². The van der Waals surface area contributed by atoms with E-state index in [1.54, 1.807) is 25.2 Å². The van der Waals surface area contributed by atoms with Gasteiger partial charge in [0.1, 0.15) is 5.82 Å². The summed E-state index contributed by atoms with van der Waals surface area (Å²) in [5, 5.41) is 4.14. The highest BCUT2D eigenvalue weighted by atomic mass is 32.1. The summed E-state index contributed by atoms with van der Waals surface area (Å²) in [6.07, 6.45) is 2.12. The summed E-state index contributed by atoms with van der Waals surface area (Å²) in [6, 6.07) is 2.23. The molecule has 116 valence electrons. The van der Waals surface area contributed by atoms with Crippen molar-refractivity contribution in [3.8, 4) is 0 Å². The lowest BCUT2D eigenvalue weighted by atomic mass is 10.1. The molecule has 0 bridgehead atoms. The molecular weight excluding hydrogens is 298 g/mol. The number of carbonyl (C=O) groups excluding carboxylic acids is 1. The van der Waals surface area contributed by atoms with Crippen LogP contribution in [-0.4, -0.2) is 27.3 Å². The zero-order valence-electron chi connectivity index (χ0n) is 12.8. The summed E-state index contributed by atoms with van der Waals surface area (Å²) in [5.41, 5.74) is 2.11. The molecule has 5 nitrogen and oxygen atoms in total. The van der Waals surface area contributed by atoms with E-state index in [2.05, 4.69) is 21.4 Å². The average molecular weight is 317 g/mol. The number of carbonyl (C=O) groups is 1. The van der Waals surface area contributed by atoms with Gasteiger partial charge in [0.15, 0.2) is 0 Å². The summed E-state index contributed by atoms with van der Waals surface area (Å²) < 4.78 is 0. The van der Waals surface area contributed by atoms with Crippen LogP contribution in [0.15, 0.2) is 21.6 Å². The average Bonchev–Trinajstić information content (AvgIpc) is 3.11. The number of likely N-dealkylation sites (tertiary alicyclic amines) is 1. The number of nitrogens with zero attached hydrogens (tertiary/aromatic N) is 2. The van der Waals surface area contributed by atoms with Crippen LogP contribution in [0.1, 0.15) is 41.5 Å². The second-order valence-corrected chi connectivity index (χ2v) is 6.47. The molecule has 0 aromatic carbocycles. The number of aromatic amines is 1. The van der Waals surface area contributed by atoms with Gasteiger partial charge >= 0.3 is 0 Å². The normalized spacial score (nSPS) is 17.9. The van der Waals surface area contributed by atoms with Crippen LogP contribution in [0.25, 0.3) is 0 Å². The van der Waals surface area contributed by atoms with E-state index in [0.717, 1.165) is 19.4 Å². The molecule has 0 spiro atoms. The lowest BCUT2D eigenvalue weighted by molar-refractivity contribution is -0.131. The first kappa shape index (κ1) is 15.0. The molecule has 3 heterocycles. The number of aryl methyl sites for hydroxylation is 2. The summed E-state index contributed by atoms with van der Waals surface area (Å²) in [6.45, 7) is 4.29. The van der Waals surface area contributed by atoms with Gasteiger partial charge in [0.25, 0.3) is 5.56 Å². The molecule has 1 saturated heterocycles. The van der Waals surface area contributed by atoms with Crippen molar-refractivity contribution in [2.24, 2.45) is 0 Å². The van der Waals surface area contributed by atoms with Crippen LogP contribution in [0.4, 0.5) is 0 Å². The van der Waals surface area contributed by atoms with Crippen molar-refractivity contribution in [1.82, 2.24) is 14.9 Å². The first-order valence-electron chi connectivity index (χ1n) is 7.44. The maximum absolute atomic E-state index is 12.7. The lowest BCUT2D eigenvalue weighted by Gasteiger charge is -2.24. The lowest BCUT2D eigenvalue weighted by Crippen LogP contribution is -2.33. The number of hydrogen-bond acceptors (Lipinski definition) is 4. The molecule has 3 rings (SSSR count). The van der Waals surface area contributed by atoms with Gasteiger partial charge in [0.2, 0.25) is 5.91 Å². The Balaban J connectivity index is 1.81. The largest absolute Gasteiger partial charge is 0.335 e. The van der Waals surface area contributed by atoms with E-state index in [4.69, 9.17) is 0 Å². The highest BCUT2D eigenvalue weighted by Crippen LogP contribution is 2.33. The van der Waals surface area contributed by atoms with Crippen LogP contribution >= 0.6 is 11.3 Å². The molecule has 1 N–H and O–H groups in total. The number of hydrogen-bond donors (Lipinski definition) is 1. The highest BCUT2D eigenvalue weighted by Gasteiger charge is 2.30. The Morgan fingerprint density at radius 2 is 2.32 bits per heavy atom. The van der Waals surface area contributed by atoms with Crippen LogP contribution in [0, 0.1) is 13.8 Å². The van der Waals surface area contributed by atoms with E-state index in [1.165, 1.54) is 5.56 Å². The molecule has 1 amide bonds. The van der Waals surface area contributed by atoms with E-state index in [9.17, 15) is 9.59 Å². The molecule has 0 aliphatic carbocycles. The Hall–Kier alpha value is -1.95. The van der Waals surface area contributed by atoms with Crippen LogP contribution in [0.2, 0.25) is 0 Å². The molecule has 0 saturated carbocycles. The van der Waals surface area contributed by atoms with Crippen LogP contribution < -0.4 is 5.56 Å². The van der Waals surface area contributed by atoms with E-state index in [1.807, 2.05) is 10.3 Å². The van der Waals surface area contributed by atoms with Gasteiger partial charge in [-0.15, -0.1) is 0 Å². The number of amides is 1. The second kappa shape index (κ2) is 6.04. The summed E-state index contributed by atoms with van der Waals surface area (Å²) in [5.74, 6) is 0.587. The van der Waals surface area contributed by atoms with Gasteiger partial charge in [-0.3, -0.25) is 9.59 Å². The van der Waals surface area contributed by atoms with Crippen LogP contribution in [0.5, 0.6) is 0 Å². The minimum atomic E-state index is -0.204. The Morgan fingerprint density at radius 1 is 1.50 bits per heavy atom. The molecule has 1 fully saturated rings. The van der Waals surface area contributed by atoms with Gasteiger partial charge in [0, 0.05) is 17.8 Å². The summed E-state index contributed by atoms with van der Waals surface area (Å²) >= 11 is 1.65. The molecule has 0 radical (unpaired) electrons. The fourth-order valence-corrected chi connectivity index (χ4v) is 3.80. The maximum atomic E-state index is 12.7. The zero-order chi connectivity index (χ0) is 15.7. The molecule has 1 aliphatic rings. The highest BCUT2D eigenvalue weighted by molar-refractivity contribution is 7.07. The van der Waals surface area contributed by atoms with Crippen molar-refractivity contribution < 1.29 is 4.79 Å². The number of aromatic nitrogens is 2. The third-order valence-electron chi connectivity index (χ3n) is 4.17. The predicted molar refractivity (Wildman–Crippen MR) is 86.0 cm³/mol. The van der Waals surface area contributed by atoms with Crippen LogP contribution in [-0.2, 0) is 11.2 Å². The second-order valence-electron chi connectivity index (χ2n) is 5.69. The van der Waals surface area contributed by atoms with Crippen LogP contribution in [0.3, 0.4) is 0 Å². The zero-order valence-corrected chi connectivity index (χ0v) is 13.6.